The fraction of sp³-hybridized carbons (Fsp3) is 0.556. The number of hydrogen-bond donors (Lipinski definition) is 0. The second kappa shape index (κ2) is 12.3. The van der Waals surface area contributed by atoms with E-state index in [-0.39, 0.29) is 26.3 Å². The van der Waals surface area contributed by atoms with Crippen molar-refractivity contribution in [2.45, 2.75) is 33.7 Å². The summed E-state index contributed by atoms with van der Waals surface area (Å²) in [7, 11) is 0. The minimum atomic E-state index is -0.631. The Bertz CT molecular complexity index is 502. The van der Waals surface area contributed by atoms with Gasteiger partial charge in [-0.25, -0.2) is 4.79 Å². The summed E-state index contributed by atoms with van der Waals surface area (Å²) in [5.41, 5.74) is 0.859. The largest absolute Gasteiger partial charge is 0.465 e. The fourth-order valence-electron chi connectivity index (χ4n) is 2.08. The Morgan fingerprint density at radius 3 is 2.16 bits per heavy atom. The molecule has 0 aliphatic rings. The average molecular weight is 353 g/mol. The molecule has 0 aliphatic heterocycles. The standard InChI is InChI=1S/C18H27NO6/c1-4-22-16(20)12-19(13-17(23-5-2)24-6-3)18(21)25-14-15-10-8-7-9-11-15/h7-11,17H,4-6,12-14H2,1-3H3. The number of hydrogen-bond acceptors (Lipinski definition) is 6. The molecule has 0 radical (unpaired) electrons. The highest BCUT2D eigenvalue weighted by molar-refractivity contribution is 5.78. The van der Waals surface area contributed by atoms with Crippen LogP contribution < -0.4 is 0 Å². The smallest absolute Gasteiger partial charge is 0.410 e. The lowest BCUT2D eigenvalue weighted by atomic mass is 10.2. The Morgan fingerprint density at radius 2 is 1.60 bits per heavy atom. The lowest BCUT2D eigenvalue weighted by molar-refractivity contribution is -0.154. The van der Waals surface area contributed by atoms with E-state index in [9.17, 15) is 9.59 Å². The zero-order chi connectivity index (χ0) is 18.5. The molecule has 1 rings (SSSR count). The van der Waals surface area contributed by atoms with Crippen molar-refractivity contribution in [1.82, 2.24) is 4.90 Å². The fourth-order valence-corrected chi connectivity index (χ4v) is 2.08. The molecule has 25 heavy (non-hydrogen) atoms. The van der Waals surface area contributed by atoms with Gasteiger partial charge in [-0.3, -0.25) is 9.69 Å². The van der Waals surface area contributed by atoms with Crippen LogP contribution in [-0.4, -0.2) is 56.2 Å². The summed E-state index contributed by atoms with van der Waals surface area (Å²) >= 11 is 0. The Labute approximate surface area is 148 Å². The van der Waals surface area contributed by atoms with Crippen LogP contribution in [0, 0.1) is 0 Å². The molecule has 1 aromatic carbocycles. The van der Waals surface area contributed by atoms with Gasteiger partial charge in [-0.05, 0) is 26.3 Å². The van der Waals surface area contributed by atoms with Crippen molar-refractivity contribution in [1.29, 1.82) is 0 Å². The first-order valence-corrected chi connectivity index (χ1v) is 8.45. The quantitative estimate of drug-likeness (QED) is 0.450. The number of amides is 1. The summed E-state index contributed by atoms with van der Waals surface area (Å²) in [5, 5.41) is 0. The summed E-state index contributed by atoms with van der Waals surface area (Å²) in [5.74, 6) is -0.508. The van der Waals surface area contributed by atoms with E-state index in [1.807, 2.05) is 44.2 Å². The first-order chi connectivity index (χ1) is 12.1. The molecule has 0 N–H and O–H groups in total. The molecule has 1 aromatic rings. The molecular weight excluding hydrogens is 326 g/mol. The molecule has 7 heteroatoms. The first-order valence-electron chi connectivity index (χ1n) is 8.45. The van der Waals surface area contributed by atoms with Gasteiger partial charge < -0.3 is 18.9 Å². The van der Waals surface area contributed by atoms with Crippen molar-refractivity contribution in [2.24, 2.45) is 0 Å². The summed E-state index contributed by atoms with van der Waals surface area (Å²) in [4.78, 5) is 25.4. The van der Waals surface area contributed by atoms with E-state index in [2.05, 4.69) is 0 Å². The Kier molecular flexibility index (Phi) is 10.3. The molecular formula is C18H27NO6. The Hall–Kier alpha value is -2.12. The monoisotopic (exact) mass is 353 g/mol. The molecule has 0 bridgehead atoms. The molecule has 0 fully saturated rings. The third-order valence-electron chi connectivity index (χ3n) is 3.16. The molecule has 0 saturated carbocycles. The highest BCUT2D eigenvalue weighted by Crippen LogP contribution is 2.07. The lowest BCUT2D eigenvalue weighted by Crippen LogP contribution is -2.43. The van der Waals surface area contributed by atoms with Gasteiger partial charge >= 0.3 is 12.1 Å². The number of rotatable bonds is 11. The molecule has 1 amide bonds. The number of esters is 1. The predicted molar refractivity (Wildman–Crippen MR) is 91.9 cm³/mol. The van der Waals surface area contributed by atoms with Crippen LogP contribution >= 0.6 is 0 Å². The second-order valence-corrected chi connectivity index (χ2v) is 5.07. The zero-order valence-corrected chi connectivity index (χ0v) is 15.1. The van der Waals surface area contributed by atoms with Crippen molar-refractivity contribution in [2.75, 3.05) is 32.9 Å². The molecule has 0 unspecified atom stereocenters. The topological polar surface area (TPSA) is 74.3 Å². The average Bonchev–Trinajstić information content (AvgIpc) is 2.60. The van der Waals surface area contributed by atoms with Crippen LogP contribution in [0.15, 0.2) is 30.3 Å². The van der Waals surface area contributed by atoms with Crippen molar-refractivity contribution < 1.29 is 28.5 Å². The molecule has 0 saturated heterocycles. The Morgan fingerprint density at radius 1 is 0.960 bits per heavy atom. The van der Waals surface area contributed by atoms with E-state index >= 15 is 0 Å². The van der Waals surface area contributed by atoms with Crippen LogP contribution in [0.4, 0.5) is 4.79 Å². The van der Waals surface area contributed by atoms with Crippen LogP contribution in [0.5, 0.6) is 0 Å². The van der Waals surface area contributed by atoms with E-state index in [1.54, 1.807) is 6.92 Å². The van der Waals surface area contributed by atoms with Crippen LogP contribution in [-0.2, 0) is 30.3 Å². The van der Waals surface area contributed by atoms with Gasteiger partial charge in [0.1, 0.15) is 13.2 Å². The summed E-state index contributed by atoms with van der Waals surface area (Å²) in [6.45, 7) is 6.43. The lowest BCUT2D eigenvalue weighted by Gasteiger charge is -2.26. The van der Waals surface area contributed by atoms with E-state index in [0.717, 1.165) is 5.56 Å². The molecule has 140 valence electrons. The molecule has 0 aliphatic carbocycles. The van der Waals surface area contributed by atoms with E-state index in [0.29, 0.717) is 13.2 Å². The highest BCUT2D eigenvalue weighted by Gasteiger charge is 2.24. The van der Waals surface area contributed by atoms with Crippen molar-refractivity contribution in [3.05, 3.63) is 35.9 Å². The molecule has 0 heterocycles. The van der Waals surface area contributed by atoms with Gasteiger partial charge in [-0.2, -0.15) is 0 Å². The molecule has 0 atom stereocenters. The van der Waals surface area contributed by atoms with Gasteiger partial charge in [0, 0.05) is 13.2 Å². The maximum absolute atomic E-state index is 12.4. The van der Waals surface area contributed by atoms with E-state index < -0.39 is 18.4 Å². The molecule has 0 spiro atoms. The van der Waals surface area contributed by atoms with Crippen molar-refractivity contribution in [3.8, 4) is 0 Å². The zero-order valence-electron chi connectivity index (χ0n) is 15.1. The number of benzene rings is 1. The van der Waals surface area contributed by atoms with Crippen LogP contribution in [0.2, 0.25) is 0 Å². The van der Waals surface area contributed by atoms with Gasteiger partial charge in [0.2, 0.25) is 0 Å². The maximum atomic E-state index is 12.4. The minimum absolute atomic E-state index is 0.0775. The van der Waals surface area contributed by atoms with Gasteiger partial charge in [-0.15, -0.1) is 0 Å². The number of ether oxygens (including phenoxy) is 4. The van der Waals surface area contributed by atoms with Gasteiger partial charge in [0.25, 0.3) is 0 Å². The van der Waals surface area contributed by atoms with Gasteiger partial charge in [0.15, 0.2) is 6.29 Å². The number of nitrogens with zero attached hydrogens (tertiary/aromatic N) is 1. The summed E-state index contributed by atoms with van der Waals surface area (Å²) < 4.78 is 21.1. The van der Waals surface area contributed by atoms with Gasteiger partial charge in [0.05, 0.1) is 13.2 Å². The van der Waals surface area contributed by atoms with Crippen LogP contribution in [0.3, 0.4) is 0 Å². The van der Waals surface area contributed by atoms with Crippen molar-refractivity contribution in [3.63, 3.8) is 0 Å². The Balaban J connectivity index is 2.69. The predicted octanol–water partition coefficient (Wildman–Crippen LogP) is 2.59. The third-order valence-corrected chi connectivity index (χ3v) is 3.16. The van der Waals surface area contributed by atoms with E-state index in [1.165, 1.54) is 4.90 Å². The van der Waals surface area contributed by atoms with Crippen LogP contribution in [0.1, 0.15) is 26.3 Å². The summed E-state index contributed by atoms with van der Waals surface area (Å²) in [6.07, 6.45) is -1.25. The SMILES string of the molecule is CCOC(=O)CN(CC(OCC)OCC)C(=O)OCc1ccccc1. The third kappa shape index (κ3) is 8.51. The second-order valence-electron chi connectivity index (χ2n) is 5.07. The molecule has 7 nitrogen and oxygen atoms in total. The highest BCUT2D eigenvalue weighted by atomic mass is 16.7. The number of carbonyl (C=O) groups is 2. The maximum Gasteiger partial charge on any atom is 0.410 e. The normalized spacial score (nSPS) is 10.6. The summed E-state index contributed by atoms with van der Waals surface area (Å²) in [6, 6.07) is 9.31. The van der Waals surface area contributed by atoms with E-state index in [4.69, 9.17) is 18.9 Å². The van der Waals surface area contributed by atoms with Gasteiger partial charge in [-0.1, -0.05) is 30.3 Å². The number of carbonyl (C=O) groups excluding carboxylic acids is 2. The van der Waals surface area contributed by atoms with Crippen molar-refractivity contribution >= 4 is 12.1 Å². The van der Waals surface area contributed by atoms with Crippen LogP contribution in [0.25, 0.3) is 0 Å². The minimum Gasteiger partial charge on any atom is -0.465 e. The molecule has 0 aromatic heterocycles. The first kappa shape index (κ1) is 20.9.